The van der Waals surface area contributed by atoms with Gasteiger partial charge in [0.2, 0.25) is 5.91 Å². The third-order valence-electron chi connectivity index (χ3n) is 4.92. The second kappa shape index (κ2) is 9.75. The maximum Gasteiger partial charge on any atom is 0.303 e. The fourth-order valence-corrected chi connectivity index (χ4v) is 3.74. The first-order chi connectivity index (χ1) is 14.4. The summed E-state index contributed by atoms with van der Waals surface area (Å²) in [5, 5.41) is 14.9. The lowest BCUT2D eigenvalue weighted by Gasteiger charge is -2.24. The van der Waals surface area contributed by atoms with Gasteiger partial charge in [-0.3, -0.25) is 9.59 Å². The van der Waals surface area contributed by atoms with Gasteiger partial charge in [-0.05, 0) is 30.2 Å². The molecule has 8 heteroatoms. The second-order valence-electron chi connectivity index (χ2n) is 6.84. The molecule has 0 saturated carbocycles. The van der Waals surface area contributed by atoms with Gasteiger partial charge in [-0.1, -0.05) is 40.2 Å². The number of methoxy groups -OCH3 is 2. The van der Waals surface area contributed by atoms with Crippen LogP contribution in [0.1, 0.15) is 42.9 Å². The number of amides is 1. The predicted molar refractivity (Wildman–Crippen MR) is 116 cm³/mol. The largest absolute Gasteiger partial charge is 0.493 e. The van der Waals surface area contributed by atoms with E-state index in [1.54, 1.807) is 20.3 Å². The van der Waals surface area contributed by atoms with Gasteiger partial charge in [-0.15, -0.1) is 0 Å². The van der Waals surface area contributed by atoms with Crippen molar-refractivity contribution in [3.05, 3.63) is 58.1 Å². The lowest BCUT2D eigenvalue weighted by atomic mass is 9.97. The number of para-hydroxylation sites is 1. The van der Waals surface area contributed by atoms with Crippen molar-refractivity contribution < 1.29 is 24.2 Å². The van der Waals surface area contributed by atoms with Gasteiger partial charge < -0.3 is 14.6 Å². The highest BCUT2D eigenvalue weighted by molar-refractivity contribution is 9.10. The van der Waals surface area contributed by atoms with E-state index in [2.05, 4.69) is 21.0 Å². The van der Waals surface area contributed by atoms with Crippen LogP contribution < -0.4 is 9.47 Å². The summed E-state index contributed by atoms with van der Waals surface area (Å²) in [4.78, 5) is 23.8. The minimum absolute atomic E-state index is 0.0595. The average molecular weight is 475 g/mol. The number of benzene rings is 2. The molecule has 0 saturated heterocycles. The lowest BCUT2D eigenvalue weighted by Crippen LogP contribution is -2.27. The highest BCUT2D eigenvalue weighted by atomic mass is 79.9. The molecule has 3 rings (SSSR count). The summed E-state index contributed by atoms with van der Waals surface area (Å²) in [6.45, 7) is 0. The molecule has 30 heavy (non-hydrogen) atoms. The van der Waals surface area contributed by atoms with Crippen molar-refractivity contribution in [2.75, 3.05) is 14.2 Å². The number of carbonyl (C=O) groups excluding carboxylic acids is 1. The van der Waals surface area contributed by atoms with E-state index in [0.717, 1.165) is 21.3 Å². The van der Waals surface area contributed by atoms with Crippen LogP contribution in [0.3, 0.4) is 0 Å². The predicted octanol–water partition coefficient (Wildman–Crippen LogP) is 4.40. The van der Waals surface area contributed by atoms with Gasteiger partial charge in [0.05, 0.1) is 26.0 Å². The first kappa shape index (κ1) is 21.8. The van der Waals surface area contributed by atoms with Crippen molar-refractivity contribution >= 4 is 33.5 Å². The zero-order valence-corrected chi connectivity index (χ0v) is 18.4. The number of hydrogen-bond donors (Lipinski definition) is 1. The molecule has 2 aromatic carbocycles. The summed E-state index contributed by atoms with van der Waals surface area (Å²) >= 11 is 3.43. The molecule has 7 nitrogen and oxygen atoms in total. The number of rotatable bonds is 8. The number of hydrogen-bond acceptors (Lipinski definition) is 5. The molecular weight excluding hydrogens is 452 g/mol. The first-order valence-electron chi connectivity index (χ1n) is 9.52. The minimum Gasteiger partial charge on any atom is -0.493 e. The van der Waals surface area contributed by atoms with Gasteiger partial charge in [0.1, 0.15) is 0 Å². The number of carboxylic acid groups (broad SMARTS) is 1. The Morgan fingerprint density at radius 2 is 1.87 bits per heavy atom. The first-order valence-corrected chi connectivity index (χ1v) is 10.3. The fourth-order valence-electron chi connectivity index (χ4n) is 3.48. The van der Waals surface area contributed by atoms with E-state index in [1.165, 1.54) is 5.01 Å². The van der Waals surface area contributed by atoms with Crippen LogP contribution >= 0.6 is 15.9 Å². The van der Waals surface area contributed by atoms with Gasteiger partial charge in [0.25, 0.3) is 0 Å². The maximum atomic E-state index is 12.9. The third-order valence-corrected chi connectivity index (χ3v) is 5.45. The highest BCUT2D eigenvalue weighted by Crippen LogP contribution is 2.42. The fraction of sp³-hybridized carbons (Fsp3) is 0.318. The third kappa shape index (κ3) is 4.81. The maximum absolute atomic E-state index is 12.9. The summed E-state index contributed by atoms with van der Waals surface area (Å²) in [5.41, 5.74) is 2.49. The van der Waals surface area contributed by atoms with E-state index in [0.29, 0.717) is 17.9 Å². The van der Waals surface area contributed by atoms with Gasteiger partial charge in [0.15, 0.2) is 11.5 Å². The molecule has 0 aromatic heterocycles. The Hall–Kier alpha value is -2.87. The van der Waals surface area contributed by atoms with E-state index in [9.17, 15) is 9.59 Å². The second-order valence-corrected chi connectivity index (χ2v) is 7.76. The average Bonchev–Trinajstić information content (AvgIpc) is 3.18. The van der Waals surface area contributed by atoms with Crippen molar-refractivity contribution in [3.8, 4) is 11.5 Å². The normalized spacial score (nSPS) is 15.6. The number of aliphatic carboxylic acids is 1. The molecule has 1 atom stereocenters. The Bertz CT molecular complexity index is 959. The van der Waals surface area contributed by atoms with Gasteiger partial charge in [-0.25, -0.2) is 5.01 Å². The summed E-state index contributed by atoms with van der Waals surface area (Å²) in [6, 6.07) is 12.9. The molecule has 2 aromatic rings. The van der Waals surface area contributed by atoms with Crippen LogP contribution in [0.25, 0.3) is 0 Å². The Morgan fingerprint density at radius 1 is 1.13 bits per heavy atom. The van der Waals surface area contributed by atoms with E-state index < -0.39 is 5.97 Å². The molecule has 158 valence electrons. The van der Waals surface area contributed by atoms with Crippen LogP contribution in [0.15, 0.2) is 52.0 Å². The Labute approximate surface area is 183 Å². The summed E-state index contributed by atoms with van der Waals surface area (Å²) in [5.74, 6) is -0.0153. The molecule has 0 bridgehead atoms. The van der Waals surface area contributed by atoms with Crippen molar-refractivity contribution in [3.63, 3.8) is 0 Å². The standard InChI is InChI=1S/C22H23BrN2O5/c1-29-19-6-3-5-16(22(19)30-2)18-13-17(14-9-11-15(23)12-10-14)24-25(18)20(26)7-4-8-21(27)28/h3,5-6,9-12,18H,4,7-8,13H2,1-2H3,(H,27,28)/t18-/m1/s1. The van der Waals surface area contributed by atoms with E-state index in [-0.39, 0.29) is 31.2 Å². The number of carboxylic acids is 1. The smallest absolute Gasteiger partial charge is 0.303 e. The zero-order chi connectivity index (χ0) is 21.7. The monoisotopic (exact) mass is 474 g/mol. The van der Waals surface area contributed by atoms with E-state index >= 15 is 0 Å². The molecule has 1 aliphatic heterocycles. The number of halogens is 1. The number of nitrogens with zero attached hydrogens (tertiary/aromatic N) is 2. The van der Waals surface area contributed by atoms with Gasteiger partial charge in [0, 0.05) is 29.3 Å². The molecule has 0 fully saturated rings. The minimum atomic E-state index is -0.922. The SMILES string of the molecule is COc1cccc([C@H]2CC(c3ccc(Br)cc3)=NN2C(=O)CCCC(=O)O)c1OC. The molecule has 0 unspecified atom stereocenters. The molecule has 0 radical (unpaired) electrons. The van der Waals surface area contributed by atoms with Gasteiger partial charge in [-0.2, -0.15) is 5.10 Å². The molecular formula is C22H23BrN2O5. The molecule has 1 amide bonds. The lowest BCUT2D eigenvalue weighted by molar-refractivity contribution is -0.137. The van der Waals surface area contributed by atoms with Crippen LogP contribution in [-0.4, -0.2) is 41.9 Å². The van der Waals surface area contributed by atoms with Crippen molar-refractivity contribution in [1.29, 1.82) is 0 Å². The molecule has 0 aliphatic carbocycles. The van der Waals surface area contributed by atoms with E-state index in [4.69, 9.17) is 14.6 Å². The number of hydrazone groups is 1. The van der Waals surface area contributed by atoms with Crippen LogP contribution in [0, 0.1) is 0 Å². The Morgan fingerprint density at radius 3 is 2.50 bits per heavy atom. The van der Waals surface area contributed by atoms with Crippen molar-refractivity contribution in [1.82, 2.24) is 5.01 Å². The number of carbonyl (C=O) groups is 2. The molecule has 1 heterocycles. The van der Waals surface area contributed by atoms with Crippen LogP contribution in [0.4, 0.5) is 0 Å². The summed E-state index contributed by atoms with van der Waals surface area (Å²) < 4.78 is 11.9. The van der Waals surface area contributed by atoms with Crippen LogP contribution in [-0.2, 0) is 9.59 Å². The highest BCUT2D eigenvalue weighted by Gasteiger charge is 2.35. The topological polar surface area (TPSA) is 88.4 Å². The zero-order valence-electron chi connectivity index (χ0n) is 16.8. The molecule has 1 N–H and O–H groups in total. The van der Waals surface area contributed by atoms with Crippen LogP contribution in [0.5, 0.6) is 11.5 Å². The summed E-state index contributed by atoms with van der Waals surface area (Å²) in [6.07, 6.45) is 0.813. The summed E-state index contributed by atoms with van der Waals surface area (Å²) in [7, 11) is 3.13. The molecule has 1 aliphatic rings. The Kier molecular flexibility index (Phi) is 7.10. The quantitative estimate of drug-likeness (QED) is 0.612. The Balaban J connectivity index is 1.95. The van der Waals surface area contributed by atoms with Crippen LogP contribution in [0.2, 0.25) is 0 Å². The van der Waals surface area contributed by atoms with Gasteiger partial charge >= 0.3 is 5.97 Å². The van der Waals surface area contributed by atoms with Crippen molar-refractivity contribution in [2.45, 2.75) is 31.7 Å². The van der Waals surface area contributed by atoms with Crippen molar-refractivity contribution in [2.24, 2.45) is 5.10 Å². The number of ether oxygens (including phenoxy) is 2. The molecule has 0 spiro atoms. The van der Waals surface area contributed by atoms with E-state index in [1.807, 2.05) is 36.4 Å².